The number of nitrogens with zero attached hydrogens (tertiary/aromatic N) is 3. The molecule has 0 spiro atoms. The zero-order valence-corrected chi connectivity index (χ0v) is 8.23. The molecule has 1 aromatic heterocycles. The van der Waals surface area contributed by atoms with Crippen molar-refractivity contribution < 1.29 is 4.74 Å². The van der Waals surface area contributed by atoms with Gasteiger partial charge in [-0.1, -0.05) is 0 Å². The molecule has 0 unspecified atom stereocenters. The maximum atomic E-state index is 5.46. The molecule has 14 heavy (non-hydrogen) atoms. The summed E-state index contributed by atoms with van der Waals surface area (Å²) in [5, 5.41) is 6.65. The summed E-state index contributed by atoms with van der Waals surface area (Å²) in [6.45, 7) is 1.85. The summed E-state index contributed by atoms with van der Waals surface area (Å²) in [7, 11) is 1.76. The Kier molecular flexibility index (Phi) is 2.53. The zero-order chi connectivity index (χ0) is 9.97. The lowest BCUT2D eigenvalue weighted by molar-refractivity contribution is 0.0817. The van der Waals surface area contributed by atoms with Crippen molar-refractivity contribution in [2.45, 2.75) is 18.9 Å². The Bertz CT molecular complexity index is 292. The Labute approximate surface area is 82.4 Å². The molecule has 6 nitrogen and oxygen atoms in total. The molecule has 1 aliphatic rings. The number of hydrogen-bond donors (Lipinski definition) is 2. The molecular weight excluding hydrogens is 182 g/mol. The Morgan fingerprint density at radius 1 is 1.50 bits per heavy atom. The lowest BCUT2D eigenvalue weighted by Crippen LogP contribution is -2.37. The van der Waals surface area contributed by atoms with Gasteiger partial charge in [0.25, 0.3) is 0 Å². The second-order valence-electron chi connectivity index (χ2n) is 3.44. The van der Waals surface area contributed by atoms with E-state index in [4.69, 9.17) is 10.5 Å². The van der Waals surface area contributed by atoms with Gasteiger partial charge in [-0.05, 0) is 12.8 Å². The monoisotopic (exact) mass is 197 g/mol. The summed E-state index contributed by atoms with van der Waals surface area (Å²) in [5.74, 6) is 1.06. The van der Waals surface area contributed by atoms with E-state index in [9.17, 15) is 0 Å². The van der Waals surface area contributed by atoms with E-state index in [1.165, 1.54) is 0 Å². The van der Waals surface area contributed by atoms with Gasteiger partial charge in [0, 0.05) is 20.2 Å². The number of ether oxygens (including phenoxy) is 1. The molecule has 0 aromatic carbocycles. The first-order valence-corrected chi connectivity index (χ1v) is 4.75. The summed E-state index contributed by atoms with van der Waals surface area (Å²) in [4.78, 5) is 6.19. The average molecular weight is 197 g/mol. The van der Waals surface area contributed by atoms with Gasteiger partial charge >= 0.3 is 0 Å². The molecule has 1 fully saturated rings. The minimum atomic E-state index is 0.369. The zero-order valence-electron chi connectivity index (χ0n) is 8.23. The number of piperidine rings is 1. The Hall–Kier alpha value is -1.30. The summed E-state index contributed by atoms with van der Waals surface area (Å²) in [6, 6.07) is 0. The van der Waals surface area contributed by atoms with Crippen LogP contribution in [0.1, 0.15) is 12.8 Å². The number of H-pyrrole nitrogens is 1. The normalized spacial score (nSPS) is 18.8. The van der Waals surface area contributed by atoms with Gasteiger partial charge in [-0.15, -0.1) is 5.10 Å². The van der Waals surface area contributed by atoms with Gasteiger partial charge in [-0.25, -0.2) is 5.10 Å². The second kappa shape index (κ2) is 3.83. The number of nitrogens with one attached hydrogen (secondary N) is 1. The first-order valence-electron chi connectivity index (χ1n) is 4.75. The minimum Gasteiger partial charge on any atom is -0.381 e. The minimum absolute atomic E-state index is 0.369. The smallest absolute Gasteiger partial charge is 0.246 e. The van der Waals surface area contributed by atoms with Crippen LogP contribution in [0.25, 0.3) is 0 Å². The molecule has 0 saturated carbocycles. The molecule has 2 heterocycles. The Balaban J connectivity index is 1.95. The number of methoxy groups -OCH3 is 1. The van der Waals surface area contributed by atoms with E-state index in [2.05, 4.69) is 20.1 Å². The van der Waals surface area contributed by atoms with Crippen LogP contribution in [0.15, 0.2) is 0 Å². The van der Waals surface area contributed by atoms with Crippen LogP contribution >= 0.6 is 0 Å². The molecule has 1 saturated heterocycles. The van der Waals surface area contributed by atoms with E-state index < -0.39 is 0 Å². The quantitative estimate of drug-likeness (QED) is 0.697. The van der Waals surface area contributed by atoms with Crippen LogP contribution < -0.4 is 10.6 Å². The van der Waals surface area contributed by atoms with E-state index in [0.29, 0.717) is 18.0 Å². The van der Waals surface area contributed by atoms with Crippen molar-refractivity contribution in [2.24, 2.45) is 0 Å². The topological polar surface area (TPSA) is 80.1 Å². The predicted molar refractivity (Wildman–Crippen MR) is 53.0 cm³/mol. The molecule has 0 radical (unpaired) electrons. The van der Waals surface area contributed by atoms with Gasteiger partial charge in [-0.3, -0.25) is 0 Å². The average Bonchev–Trinajstić information content (AvgIpc) is 2.65. The van der Waals surface area contributed by atoms with E-state index in [-0.39, 0.29) is 0 Å². The van der Waals surface area contributed by atoms with Crippen LogP contribution in [0.5, 0.6) is 0 Å². The summed E-state index contributed by atoms with van der Waals surface area (Å²) >= 11 is 0. The second-order valence-corrected chi connectivity index (χ2v) is 3.44. The highest BCUT2D eigenvalue weighted by atomic mass is 16.5. The molecule has 2 rings (SSSR count). The van der Waals surface area contributed by atoms with E-state index >= 15 is 0 Å². The number of anilines is 2. The number of aromatic nitrogens is 3. The standard InChI is InChI=1S/C8H15N5O/c1-14-6-2-4-13(5-3-6)8-10-7(9)11-12-8/h6H,2-5H2,1H3,(H3,9,10,11,12). The lowest BCUT2D eigenvalue weighted by Gasteiger charge is -2.30. The van der Waals surface area contributed by atoms with E-state index in [1.807, 2.05) is 0 Å². The van der Waals surface area contributed by atoms with Crippen LogP contribution in [0.3, 0.4) is 0 Å². The summed E-state index contributed by atoms with van der Waals surface area (Å²) in [6.07, 6.45) is 2.41. The third-order valence-electron chi connectivity index (χ3n) is 2.55. The van der Waals surface area contributed by atoms with Crippen molar-refractivity contribution in [2.75, 3.05) is 30.8 Å². The van der Waals surface area contributed by atoms with Crippen LogP contribution in [0.4, 0.5) is 11.9 Å². The van der Waals surface area contributed by atoms with Crippen LogP contribution in [-0.2, 0) is 4.74 Å². The highest BCUT2D eigenvalue weighted by Gasteiger charge is 2.20. The molecule has 0 atom stereocenters. The first-order chi connectivity index (χ1) is 6.79. The van der Waals surface area contributed by atoms with Crippen molar-refractivity contribution >= 4 is 11.9 Å². The van der Waals surface area contributed by atoms with Crippen LogP contribution in [0, 0.1) is 0 Å². The number of aromatic amines is 1. The highest BCUT2D eigenvalue weighted by Crippen LogP contribution is 2.17. The maximum absolute atomic E-state index is 5.46. The molecule has 3 N–H and O–H groups in total. The van der Waals surface area contributed by atoms with Gasteiger partial charge < -0.3 is 15.4 Å². The van der Waals surface area contributed by atoms with Crippen LogP contribution in [-0.4, -0.2) is 41.5 Å². The number of hydrogen-bond acceptors (Lipinski definition) is 5. The van der Waals surface area contributed by atoms with Gasteiger partial charge in [0.15, 0.2) is 0 Å². The number of rotatable bonds is 2. The largest absolute Gasteiger partial charge is 0.381 e. The fraction of sp³-hybridized carbons (Fsp3) is 0.750. The molecule has 78 valence electrons. The van der Waals surface area contributed by atoms with E-state index in [1.54, 1.807) is 7.11 Å². The lowest BCUT2D eigenvalue weighted by atomic mass is 10.1. The van der Waals surface area contributed by atoms with Crippen molar-refractivity contribution in [3.8, 4) is 0 Å². The van der Waals surface area contributed by atoms with Crippen molar-refractivity contribution in [1.29, 1.82) is 0 Å². The fourth-order valence-electron chi connectivity index (χ4n) is 1.70. The molecule has 0 aliphatic carbocycles. The van der Waals surface area contributed by atoms with Gasteiger partial charge in [0.2, 0.25) is 11.9 Å². The van der Waals surface area contributed by atoms with Crippen molar-refractivity contribution in [3.05, 3.63) is 0 Å². The summed E-state index contributed by atoms with van der Waals surface area (Å²) in [5.41, 5.74) is 5.46. The number of nitrogens with two attached hydrogens (primary N) is 1. The van der Waals surface area contributed by atoms with Gasteiger partial charge in [0.05, 0.1) is 6.10 Å². The molecule has 6 heteroatoms. The maximum Gasteiger partial charge on any atom is 0.246 e. The van der Waals surface area contributed by atoms with Gasteiger partial charge in [0.1, 0.15) is 0 Å². The number of nitrogen functional groups attached to an aromatic ring is 1. The first kappa shape index (κ1) is 9.26. The summed E-state index contributed by atoms with van der Waals surface area (Å²) < 4.78 is 5.28. The SMILES string of the molecule is COC1CCN(c2n[nH]c(N)n2)CC1. The fourth-order valence-corrected chi connectivity index (χ4v) is 1.70. The van der Waals surface area contributed by atoms with Crippen molar-refractivity contribution in [1.82, 2.24) is 15.2 Å². The Morgan fingerprint density at radius 3 is 2.71 bits per heavy atom. The molecule has 1 aliphatic heterocycles. The van der Waals surface area contributed by atoms with E-state index in [0.717, 1.165) is 25.9 Å². The molecule has 0 amide bonds. The Morgan fingerprint density at radius 2 is 2.21 bits per heavy atom. The third-order valence-corrected chi connectivity index (χ3v) is 2.55. The predicted octanol–water partition coefficient (Wildman–Crippen LogP) is 0.00210. The van der Waals surface area contributed by atoms with Crippen LogP contribution in [0.2, 0.25) is 0 Å². The third kappa shape index (κ3) is 1.79. The molecule has 1 aromatic rings. The van der Waals surface area contributed by atoms with Crippen molar-refractivity contribution in [3.63, 3.8) is 0 Å². The molecule has 0 bridgehead atoms. The molecular formula is C8H15N5O. The highest BCUT2D eigenvalue weighted by molar-refractivity contribution is 5.34. The van der Waals surface area contributed by atoms with Gasteiger partial charge in [-0.2, -0.15) is 4.98 Å².